The molecule has 160 valence electrons. The minimum absolute atomic E-state index is 0.112. The number of carbonyl (C=O) groups excluding carboxylic acids is 2. The lowest BCUT2D eigenvalue weighted by molar-refractivity contribution is -0.0920. The summed E-state index contributed by atoms with van der Waals surface area (Å²) in [5.41, 5.74) is -1.20. The molecule has 2 aliphatic heterocycles. The van der Waals surface area contributed by atoms with Gasteiger partial charge in [-0.2, -0.15) is 0 Å². The Morgan fingerprint density at radius 2 is 2.17 bits per heavy atom. The maximum Gasteiger partial charge on any atom is 0.276 e. The summed E-state index contributed by atoms with van der Waals surface area (Å²) in [6.45, 7) is 3.68. The van der Waals surface area contributed by atoms with E-state index in [-0.39, 0.29) is 24.3 Å². The van der Waals surface area contributed by atoms with Crippen LogP contribution in [0.1, 0.15) is 27.3 Å². The van der Waals surface area contributed by atoms with Crippen molar-refractivity contribution >= 4 is 11.8 Å². The van der Waals surface area contributed by atoms with Gasteiger partial charge >= 0.3 is 0 Å². The lowest BCUT2D eigenvalue weighted by Gasteiger charge is -2.40. The van der Waals surface area contributed by atoms with Gasteiger partial charge in [0.2, 0.25) is 5.43 Å². The van der Waals surface area contributed by atoms with Crippen LogP contribution in [0, 0.1) is 0 Å². The van der Waals surface area contributed by atoms with E-state index in [1.54, 1.807) is 0 Å². The summed E-state index contributed by atoms with van der Waals surface area (Å²) in [6.07, 6.45) is 4.31. The molecular weight excluding hydrogens is 400 g/mol. The van der Waals surface area contributed by atoms with Crippen molar-refractivity contribution in [2.45, 2.75) is 19.2 Å². The Morgan fingerprint density at radius 3 is 2.90 bits per heavy atom. The molecule has 1 fully saturated rings. The van der Waals surface area contributed by atoms with E-state index >= 15 is 0 Å². The zero-order valence-corrected chi connectivity index (χ0v) is 16.1. The molecule has 30 heavy (non-hydrogen) atoms. The minimum atomic E-state index is -0.971. The van der Waals surface area contributed by atoms with Gasteiger partial charge in [0.25, 0.3) is 11.8 Å². The topological polar surface area (TPSA) is 101 Å². The predicted octanol–water partition coefficient (Wildman–Crippen LogP) is 1.42. The Hall–Kier alpha value is -3.27. The third-order valence-electron chi connectivity index (χ3n) is 4.74. The number of hydrogen-bond acceptors (Lipinski definition) is 5. The summed E-state index contributed by atoms with van der Waals surface area (Å²) in [5.74, 6) is -2.91. The number of ether oxygens (including phenoxy) is 1. The van der Waals surface area contributed by atoms with Crippen molar-refractivity contribution in [3.05, 3.63) is 63.9 Å². The van der Waals surface area contributed by atoms with E-state index < -0.39 is 41.7 Å². The summed E-state index contributed by atoms with van der Waals surface area (Å²) in [6, 6.07) is 0. The lowest BCUT2D eigenvalue weighted by atomic mass is 10.1. The summed E-state index contributed by atoms with van der Waals surface area (Å²) < 4.78 is 32.0. The van der Waals surface area contributed by atoms with Gasteiger partial charge in [-0.1, -0.05) is 12.7 Å². The maximum absolute atomic E-state index is 13.1. The Kier molecular flexibility index (Phi) is 6.46. The first-order valence-electron chi connectivity index (χ1n) is 9.28. The van der Waals surface area contributed by atoms with Crippen molar-refractivity contribution in [1.82, 2.24) is 14.8 Å². The number of rotatable bonds is 6. The average Bonchev–Trinajstić information content (AvgIpc) is 2.73. The third kappa shape index (κ3) is 4.33. The molecule has 1 saturated heterocycles. The Balaban J connectivity index is 1.77. The highest BCUT2D eigenvalue weighted by atomic mass is 19.1. The number of hydrogen-bond donors (Lipinski definition) is 2. The molecule has 1 aromatic heterocycles. The van der Waals surface area contributed by atoms with E-state index in [0.717, 1.165) is 12.2 Å². The molecule has 3 rings (SSSR count). The molecule has 1 atom stereocenters. The second-order valence-electron chi connectivity index (χ2n) is 6.82. The van der Waals surface area contributed by atoms with Crippen LogP contribution in [-0.4, -0.2) is 59.0 Å². The van der Waals surface area contributed by atoms with Crippen molar-refractivity contribution in [3.8, 4) is 5.75 Å². The number of nitrogens with one attached hydrogen (secondary N) is 1. The predicted molar refractivity (Wildman–Crippen MR) is 104 cm³/mol. The van der Waals surface area contributed by atoms with Crippen LogP contribution in [-0.2, 0) is 11.3 Å². The lowest BCUT2D eigenvalue weighted by Crippen LogP contribution is -2.53. The van der Waals surface area contributed by atoms with Gasteiger partial charge in [-0.25, -0.2) is 8.78 Å². The quantitative estimate of drug-likeness (QED) is 0.677. The summed E-state index contributed by atoms with van der Waals surface area (Å²) in [4.78, 5) is 39.0. The Labute approximate surface area is 170 Å². The molecule has 2 aliphatic rings. The standard InChI is InChI=1S/C20H21F2N3O5/c1-12(3-4-13(22)5-6-21)9-23-19(28)14-10-24-11-15-25(7-2-8-30-15)20(29)16(24)18(27)17(14)26/h3-5,10,15,27H,1-2,6-9,11H2,(H,23,28)/b4-3-,13-5+. The SMILES string of the molecule is C=C(/C=C\C(F)=C/CF)CNC(=O)c1cn2c(c(O)c1=O)C(=O)N1CCCOC1C2. The van der Waals surface area contributed by atoms with Crippen LogP contribution in [0.5, 0.6) is 5.75 Å². The fraction of sp³-hybridized carbons (Fsp3) is 0.350. The number of allylic oxidation sites excluding steroid dienone is 3. The van der Waals surface area contributed by atoms with Crippen molar-refractivity contribution in [3.63, 3.8) is 0 Å². The zero-order valence-electron chi connectivity index (χ0n) is 16.1. The minimum Gasteiger partial charge on any atom is -0.503 e. The number of nitrogens with zero attached hydrogens (tertiary/aromatic N) is 2. The zero-order chi connectivity index (χ0) is 21.8. The van der Waals surface area contributed by atoms with Gasteiger partial charge in [-0.15, -0.1) is 0 Å². The number of halogens is 2. The van der Waals surface area contributed by atoms with Crippen molar-refractivity contribution in [2.24, 2.45) is 0 Å². The number of alkyl halides is 1. The number of fused-ring (bicyclic) bond motifs is 2. The molecule has 0 bridgehead atoms. The molecule has 10 heteroatoms. The first-order chi connectivity index (χ1) is 14.3. The third-order valence-corrected chi connectivity index (χ3v) is 4.74. The number of amides is 2. The van der Waals surface area contributed by atoms with Gasteiger partial charge < -0.3 is 24.6 Å². The normalized spacial score (nSPS) is 18.9. The molecule has 1 aromatic rings. The highest BCUT2D eigenvalue weighted by molar-refractivity contribution is 5.99. The monoisotopic (exact) mass is 421 g/mol. The largest absolute Gasteiger partial charge is 0.503 e. The molecule has 2 amide bonds. The van der Waals surface area contributed by atoms with Gasteiger partial charge in [-0.05, 0) is 24.1 Å². The number of pyridine rings is 1. The molecule has 0 saturated carbocycles. The van der Waals surface area contributed by atoms with Crippen LogP contribution >= 0.6 is 0 Å². The second-order valence-corrected chi connectivity index (χ2v) is 6.82. The molecule has 8 nitrogen and oxygen atoms in total. The van der Waals surface area contributed by atoms with E-state index in [4.69, 9.17) is 4.74 Å². The van der Waals surface area contributed by atoms with Crippen LogP contribution in [0.3, 0.4) is 0 Å². The molecule has 0 aromatic carbocycles. The van der Waals surface area contributed by atoms with E-state index in [1.165, 1.54) is 21.7 Å². The second kappa shape index (κ2) is 9.04. The van der Waals surface area contributed by atoms with Crippen LogP contribution in [0.25, 0.3) is 0 Å². The molecule has 3 heterocycles. The molecule has 0 spiro atoms. The van der Waals surface area contributed by atoms with Gasteiger partial charge in [0.05, 0.1) is 13.2 Å². The van der Waals surface area contributed by atoms with Gasteiger partial charge in [0.1, 0.15) is 18.1 Å². The molecule has 2 N–H and O–H groups in total. The maximum atomic E-state index is 13.1. The molecular formula is C20H21F2N3O5. The summed E-state index contributed by atoms with van der Waals surface area (Å²) >= 11 is 0. The van der Waals surface area contributed by atoms with Crippen LogP contribution in [0.2, 0.25) is 0 Å². The highest BCUT2D eigenvalue weighted by Gasteiger charge is 2.38. The van der Waals surface area contributed by atoms with E-state index in [9.17, 15) is 28.3 Å². The number of aromatic hydroxyl groups is 1. The van der Waals surface area contributed by atoms with Crippen molar-refractivity contribution in [1.29, 1.82) is 0 Å². The Bertz CT molecular complexity index is 999. The summed E-state index contributed by atoms with van der Waals surface area (Å²) in [7, 11) is 0. The van der Waals surface area contributed by atoms with E-state index in [0.29, 0.717) is 25.1 Å². The van der Waals surface area contributed by atoms with Crippen LogP contribution < -0.4 is 10.7 Å². The van der Waals surface area contributed by atoms with Gasteiger partial charge in [0.15, 0.2) is 17.7 Å². The number of aromatic nitrogens is 1. The molecule has 0 radical (unpaired) electrons. The van der Waals surface area contributed by atoms with Gasteiger partial charge in [-0.3, -0.25) is 14.4 Å². The van der Waals surface area contributed by atoms with Crippen LogP contribution in [0.4, 0.5) is 8.78 Å². The molecule has 1 unspecified atom stereocenters. The summed E-state index contributed by atoms with van der Waals surface area (Å²) in [5, 5.41) is 12.7. The van der Waals surface area contributed by atoms with Crippen LogP contribution in [0.15, 0.2) is 47.2 Å². The smallest absolute Gasteiger partial charge is 0.276 e. The van der Waals surface area contributed by atoms with E-state index in [2.05, 4.69) is 11.9 Å². The highest BCUT2D eigenvalue weighted by Crippen LogP contribution is 2.26. The van der Waals surface area contributed by atoms with E-state index in [1.807, 2.05) is 0 Å². The van der Waals surface area contributed by atoms with Crippen molar-refractivity contribution in [2.75, 3.05) is 26.4 Å². The molecule has 0 aliphatic carbocycles. The fourth-order valence-corrected chi connectivity index (χ4v) is 3.24. The van der Waals surface area contributed by atoms with Crippen molar-refractivity contribution < 1.29 is 28.2 Å². The Morgan fingerprint density at radius 1 is 1.40 bits per heavy atom. The first-order valence-corrected chi connectivity index (χ1v) is 9.28. The fourth-order valence-electron chi connectivity index (χ4n) is 3.24. The van der Waals surface area contributed by atoms with Gasteiger partial charge in [0, 0.05) is 19.3 Å². The number of carbonyl (C=O) groups is 2. The first kappa shape index (κ1) is 21.4. The average molecular weight is 421 g/mol.